The number of anilines is 1. The van der Waals surface area contributed by atoms with E-state index in [1.165, 1.54) is 7.11 Å². The lowest BCUT2D eigenvalue weighted by atomic mass is 9.65. The first-order chi connectivity index (χ1) is 26.6. The number of cyclic esters (lactones) is 1. The summed E-state index contributed by atoms with van der Waals surface area (Å²) in [6, 6.07) is 26.7. The highest BCUT2D eigenvalue weighted by Crippen LogP contribution is 2.65. The summed E-state index contributed by atoms with van der Waals surface area (Å²) in [6.07, 6.45) is -0.898. The van der Waals surface area contributed by atoms with E-state index in [1.807, 2.05) is 65.6 Å². The highest BCUT2D eigenvalue weighted by molar-refractivity contribution is 6.25. The van der Waals surface area contributed by atoms with Crippen LogP contribution in [0.2, 0.25) is 0 Å². The molecule has 4 aromatic carbocycles. The van der Waals surface area contributed by atoms with Crippen molar-refractivity contribution in [2.24, 2.45) is 17.6 Å². The number of carbonyl (C=O) groups is 5. The third-order valence-electron chi connectivity index (χ3n) is 10.8. The molecular formula is C42H42N4O9. The van der Waals surface area contributed by atoms with E-state index >= 15 is 4.79 Å². The highest BCUT2D eigenvalue weighted by atomic mass is 16.6. The molecule has 1 spiro atoms. The van der Waals surface area contributed by atoms with Crippen LogP contribution in [-0.4, -0.2) is 72.2 Å². The number of hydrogen-bond donors (Lipinski definition) is 3. The van der Waals surface area contributed by atoms with Gasteiger partial charge in [-0.3, -0.25) is 19.3 Å². The van der Waals surface area contributed by atoms with Gasteiger partial charge in [0.25, 0.3) is 0 Å². The second-order valence-electron chi connectivity index (χ2n) is 14.2. The number of methoxy groups -OCH3 is 1. The number of nitrogens with two attached hydrogens (primary N) is 1. The van der Waals surface area contributed by atoms with Crippen LogP contribution < -0.4 is 20.7 Å². The predicted octanol–water partition coefficient (Wildman–Crippen LogP) is 4.12. The number of benzene rings is 4. The fraction of sp³-hybridized carbons (Fsp3) is 0.310. The number of nitrogens with one attached hydrogen (secondary N) is 1. The molecule has 3 aliphatic rings. The van der Waals surface area contributed by atoms with Gasteiger partial charge in [0.05, 0.1) is 37.4 Å². The molecule has 2 saturated heterocycles. The number of carbonyl (C=O) groups excluding carboxylic acids is 5. The van der Waals surface area contributed by atoms with E-state index in [2.05, 4.69) is 5.32 Å². The zero-order chi connectivity index (χ0) is 39.0. The zero-order valence-corrected chi connectivity index (χ0v) is 30.5. The molecule has 3 heterocycles. The maximum Gasteiger partial charge on any atom is 0.329 e. The number of aliphatic hydroxyl groups excluding tert-OH is 1. The normalized spacial score (nSPS) is 24.9. The molecular weight excluding hydrogens is 704 g/mol. The molecule has 0 aromatic heterocycles. The van der Waals surface area contributed by atoms with Gasteiger partial charge in [0, 0.05) is 0 Å². The molecule has 7 rings (SSSR count). The monoisotopic (exact) mass is 746 g/mol. The summed E-state index contributed by atoms with van der Waals surface area (Å²) in [7, 11) is 1.20. The van der Waals surface area contributed by atoms with Crippen molar-refractivity contribution in [3.63, 3.8) is 0 Å². The first-order valence-corrected chi connectivity index (χ1v) is 18.1. The van der Waals surface area contributed by atoms with E-state index in [9.17, 15) is 24.3 Å². The molecule has 4 N–H and O–H groups in total. The van der Waals surface area contributed by atoms with Gasteiger partial charge < -0.3 is 30.4 Å². The predicted molar refractivity (Wildman–Crippen MR) is 199 cm³/mol. The zero-order valence-electron chi connectivity index (χ0n) is 30.5. The molecule has 13 nitrogen and oxygen atoms in total. The van der Waals surface area contributed by atoms with Gasteiger partial charge in [-0.2, -0.15) is 0 Å². The number of nitrogens with zero attached hydrogens (tertiary/aromatic N) is 2. The maximum absolute atomic E-state index is 15.7. The number of hydrogen-bond acceptors (Lipinski definition) is 10. The summed E-state index contributed by atoms with van der Waals surface area (Å²) in [5.74, 6) is -4.85. The average molecular weight is 747 g/mol. The molecule has 4 amide bonds. The number of urea groups is 1. The van der Waals surface area contributed by atoms with Crippen molar-refractivity contribution >= 4 is 35.5 Å². The van der Waals surface area contributed by atoms with E-state index in [1.54, 1.807) is 62.4 Å². The number of ether oxygens (including phenoxy) is 3. The van der Waals surface area contributed by atoms with Gasteiger partial charge in [0.15, 0.2) is 0 Å². The summed E-state index contributed by atoms with van der Waals surface area (Å²) < 4.78 is 17.1. The largest absolute Gasteiger partial charge is 0.491 e. The Bertz CT molecular complexity index is 2110. The number of para-hydroxylation sites is 1. The molecule has 2 fully saturated rings. The summed E-state index contributed by atoms with van der Waals surface area (Å²) in [6.45, 7) is 3.18. The molecule has 55 heavy (non-hydrogen) atoms. The number of rotatable bonds is 10. The molecule has 284 valence electrons. The van der Waals surface area contributed by atoms with Crippen LogP contribution in [-0.2, 0) is 34.1 Å². The first kappa shape index (κ1) is 37.3. The minimum Gasteiger partial charge on any atom is -0.491 e. The number of morpholine rings is 1. The summed E-state index contributed by atoms with van der Waals surface area (Å²) >= 11 is 0. The molecule has 13 heteroatoms. The van der Waals surface area contributed by atoms with Crippen LogP contribution in [0.4, 0.5) is 10.5 Å². The van der Waals surface area contributed by atoms with Gasteiger partial charge in [-0.05, 0) is 46.4 Å². The molecule has 0 unspecified atom stereocenters. The van der Waals surface area contributed by atoms with Crippen LogP contribution in [0, 0.1) is 11.8 Å². The Hall–Kier alpha value is -6.05. The van der Waals surface area contributed by atoms with Gasteiger partial charge in [0.2, 0.25) is 11.8 Å². The van der Waals surface area contributed by atoms with Crippen molar-refractivity contribution in [1.82, 2.24) is 10.2 Å². The van der Waals surface area contributed by atoms with Crippen LogP contribution in [0.15, 0.2) is 109 Å². The van der Waals surface area contributed by atoms with Crippen molar-refractivity contribution in [2.45, 2.75) is 49.5 Å². The van der Waals surface area contributed by atoms with Gasteiger partial charge in [-0.25, -0.2) is 14.5 Å². The van der Waals surface area contributed by atoms with Crippen LogP contribution >= 0.6 is 0 Å². The molecule has 4 aromatic rings. The molecule has 3 aliphatic heterocycles. The Balaban J connectivity index is 1.52. The summed E-state index contributed by atoms with van der Waals surface area (Å²) in [4.78, 5) is 74.5. The number of amides is 4. The molecule has 7 atom stereocenters. The second-order valence-corrected chi connectivity index (χ2v) is 14.2. The lowest BCUT2D eigenvalue weighted by molar-refractivity contribution is -0.178. The number of esters is 2. The van der Waals surface area contributed by atoms with Gasteiger partial charge in [-0.15, -0.1) is 0 Å². The molecule has 0 radical (unpaired) electrons. The van der Waals surface area contributed by atoms with E-state index in [4.69, 9.17) is 19.9 Å². The third-order valence-corrected chi connectivity index (χ3v) is 10.8. The Labute approximate surface area is 318 Å². The van der Waals surface area contributed by atoms with Crippen molar-refractivity contribution in [3.8, 4) is 5.75 Å². The fourth-order valence-corrected chi connectivity index (χ4v) is 8.65. The molecule has 0 aliphatic carbocycles. The van der Waals surface area contributed by atoms with Crippen molar-refractivity contribution in [1.29, 1.82) is 0 Å². The highest BCUT2D eigenvalue weighted by Gasteiger charge is 2.75. The Morgan fingerprint density at radius 3 is 2.15 bits per heavy atom. The summed E-state index contributed by atoms with van der Waals surface area (Å²) in [5, 5.41) is 12.3. The van der Waals surface area contributed by atoms with Crippen LogP contribution in [0.1, 0.15) is 54.3 Å². The second kappa shape index (κ2) is 15.0. The standard InChI is InChI=1S/C42H42N4O9/c1-24(2)32(38(49)53-3)44-41(52)45-30-20-11-10-19-29(30)42(40(45)51)31(37(43)48)34-39(50)55-35(26-15-8-5-9-16-26)33(25-13-6-4-7-14-25)46(34)36(42)27-17-12-18-28(23-27)54-22-21-47/h4-20,23-24,31-36,47H,21-22H2,1-3H3,(H2,43,48)(H,44,52)/t31-,32-,33-,34-,35+,36+,42-/m0/s1. The lowest BCUT2D eigenvalue weighted by Gasteiger charge is -2.46. The van der Waals surface area contributed by atoms with E-state index in [0.717, 1.165) is 10.5 Å². The SMILES string of the molecule is COC(=O)[C@@H](NC(=O)N1C(=O)[C@@]2(c3ccccc31)[C@H](C(N)=O)[C@H]1C(=O)O[C@H](c3ccccc3)[C@H](c3ccccc3)N1[C@@H]2c1cccc(OCCO)c1)C(C)C. The average Bonchev–Trinajstić information content (AvgIpc) is 3.66. The minimum atomic E-state index is -1.99. The Morgan fingerprint density at radius 1 is 0.873 bits per heavy atom. The van der Waals surface area contributed by atoms with Crippen LogP contribution in [0.25, 0.3) is 0 Å². The lowest BCUT2D eigenvalue weighted by Crippen LogP contribution is -2.57. The van der Waals surface area contributed by atoms with E-state index in [-0.39, 0.29) is 24.5 Å². The topological polar surface area (TPSA) is 178 Å². The number of primary amides is 1. The smallest absolute Gasteiger partial charge is 0.329 e. The quantitative estimate of drug-likeness (QED) is 0.200. The van der Waals surface area contributed by atoms with Gasteiger partial charge in [-0.1, -0.05) is 105 Å². The van der Waals surface area contributed by atoms with Gasteiger partial charge in [0.1, 0.15) is 36.0 Å². The van der Waals surface area contributed by atoms with Crippen molar-refractivity contribution in [3.05, 3.63) is 131 Å². The number of fused-ring (bicyclic) bond motifs is 3. The Morgan fingerprint density at radius 2 is 1.51 bits per heavy atom. The first-order valence-electron chi connectivity index (χ1n) is 18.1. The van der Waals surface area contributed by atoms with Gasteiger partial charge >= 0.3 is 18.0 Å². The molecule has 0 bridgehead atoms. The Kier molecular flexibility index (Phi) is 10.2. The third kappa shape index (κ3) is 6.09. The van der Waals surface area contributed by atoms with Crippen LogP contribution in [0.3, 0.4) is 0 Å². The number of imide groups is 1. The molecule has 0 saturated carbocycles. The van der Waals surface area contributed by atoms with E-state index < -0.39 is 77.3 Å². The van der Waals surface area contributed by atoms with Crippen molar-refractivity contribution < 1.29 is 43.3 Å². The van der Waals surface area contributed by atoms with Crippen molar-refractivity contribution in [2.75, 3.05) is 25.2 Å². The number of aliphatic hydroxyl groups is 1. The fourth-order valence-electron chi connectivity index (χ4n) is 8.65. The summed E-state index contributed by atoms with van der Waals surface area (Å²) in [5.41, 5.74) is 6.70. The van der Waals surface area contributed by atoms with Crippen LogP contribution in [0.5, 0.6) is 5.75 Å². The van der Waals surface area contributed by atoms with E-state index in [0.29, 0.717) is 16.9 Å². The maximum atomic E-state index is 15.7. The minimum absolute atomic E-state index is 0.0164.